The topological polar surface area (TPSA) is 77.7 Å². The molecule has 0 spiro atoms. The van der Waals surface area contributed by atoms with Gasteiger partial charge in [-0.25, -0.2) is 4.98 Å². The van der Waals surface area contributed by atoms with E-state index in [-0.39, 0.29) is 24.1 Å². The highest BCUT2D eigenvalue weighted by Crippen LogP contribution is 2.11. The van der Waals surface area contributed by atoms with Crippen molar-refractivity contribution < 1.29 is 14.4 Å². The Morgan fingerprint density at radius 2 is 1.83 bits per heavy atom. The van der Waals surface area contributed by atoms with Crippen LogP contribution in [-0.4, -0.2) is 48.3 Å². The Bertz CT molecular complexity index is 1030. The molecule has 1 aliphatic rings. The molecule has 3 aromatic rings. The first-order valence-corrected chi connectivity index (χ1v) is 9.90. The van der Waals surface area contributed by atoms with Crippen LogP contribution in [0.1, 0.15) is 11.6 Å². The van der Waals surface area contributed by atoms with Crippen molar-refractivity contribution in [1.82, 2.24) is 14.9 Å². The van der Waals surface area contributed by atoms with Gasteiger partial charge in [0.1, 0.15) is 32.2 Å². The van der Waals surface area contributed by atoms with Gasteiger partial charge in [-0.05, 0) is 17.7 Å². The molecule has 1 amide bonds. The average molecular weight is 393 g/mol. The number of rotatable bonds is 6. The molecule has 7 nitrogen and oxygen atoms in total. The zero-order chi connectivity index (χ0) is 20.1. The van der Waals surface area contributed by atoms with Crippen LogP contribution in [0.4, 0.5) is 0 Å². The fraction of sp³-hybridized carbons (Fsp3) is 0.318. The molecule has 2 N–H and O–H groups in total. The van der Waals surface area contributed by atoms with E-state index >= 15 is 0 Å². The zero-order valence-corrected chi connectivity index (χ0v) is 16.2. The molecule has 0 aliphatic carbocycles. The van der Waals surface area contributed by atoms with Gasteiger partial charge in [-0.15, -0.1) is 0 Å². The highest BCUT2D eigenvalue weighted by atomic mass is 16.5. The third kappa shape index (κ3) is 4.70. The summed E-state index contributed by atoms with van der Waals surface area (Å²) < 4.78 is 6.80. The van der Waals surface area contributed by atoms with E-state index < -0.39 is 0 Å². The molecule has 0 radical (unpaired) electrons. The van der Waals surface area contributed by atoms with Crippen LogP contribution in [0.5, 0.6) is 0 Å². The van der Waals surface area contributed by atoms with E-state index in [2.05, 4.69) is 10.3 Å². The lowest BCUT2D eigenvalue weighted by Gasteiger charge is -2.28. The summed E-state index contributed by atoms with van der Waals surface area (Å²) in [7, 11) is 0. The van der Waals surface area contributed by atoms with Gasteiger partial charge in [0.15, 0.2) is 0 Å². The SMILES string of the molecule is O=C(Cn1cnc2ccccc2c1=O)N[C@H](C[NH+]1CCOCC1)c1ccccc1. The molecule has 0 saturated carbocycles. The van der Waals surface area contributed by atoms with Crippen LogP contribution in [0, 0.1) is 0 Å². The number of amides is 1. The second kappa shape index (κ2) is 8.98. The molecule has 4 rings (SSSR count). The molecule has 150 valence electrons. The number of carbonyl (C=O) groups excluding carboxylic acids is 1. The number of carbonyl (C=O) groups is 1. The largest absolute Gasteiger partial charge is 0.370 e. The second-order valence-corrected chi connectivity index (χ2v) is 7.29. The monoisotopic (exact) mass is 393 g/mol. The van der Waals surface area contributed by atoms with Crippen LogP contribution < -0.4 is 15.8 Å². The molecule has 0 unspecified atom stereocenters. The number of quaternary nitrogens is 1. The van der Waals surface area contributed by atoms with Gasteiger partial charge in [-0.2, -0.15) is 0 Å². The second-order valence-electron chi connectivity index (χ2n) is 7.29. The summed E-state index contributed by atoms with van der Waals surface area (Å²) in [6.07, 6.45) is 1.44. The maximum Gasteiger partial charge on any atom is 0.261 e. The van der Waals surface area contributed by atoms with E-state index in [4.69, 9.17) is 4.74 Å². The van der Waals surface area contributed by atoms with Gasteiger partial charge in [-0.3, -0.25) is 14.2 Å². The Labute approximate surface area is 168 Å². The maximum atomic E-state index is 12.8. The van der Waals surface area contributed by atoms with Crippen LogP contribution in [-0.2, 0) is 16.1 Å². The Kier molecular flexibility index (Phi) is 5.97. The van der Waals surface area contributed by atoms with Gasteiger partial charge < -0.3 is 15.0 Å². The number of nitrogens with one attached hydrogen (secondary N) is 2. The standard InChI is InChI=1S/C22H24N4O3/c27-21(15-26-16-23-19-9-5-4-8-18(19)22(26)28)24-20(17-6-2-1-3-7-17)14-25-10-12-29-13-11-25/h1-9,16,20H,10-15H2,(H,24,27)/p+1/t20-/m1/s1. The van der Waals surface area contributed by atoms with Gasteiger partial charge in [0, 0.05) is 0 Å². The van der Waals surface area contributed by atoms with E-state index in [1.807, 2.05) is 36.4 Å². The maximum absolute atomic E-state index is 12.8. The Hall–Kier alpha value is -3.03. The third-order valence-corrected chi connectivity index (χ3v) is 5.28. The molecular weight excluding hydrogens is 368 g/mol. The number of fused-ring (bicyclic) bond motifs is 1. The van der Waals surface area contributed by atoms with Crippen molar-refractivity contribution in [2.75, 3.05) is 32.8 Å². The van der Waals surface area contributed by atoms with E-state index in [1.54, 1.807) is 18.2 Å². The number of benzene rings is 2. The zero-order valence-electron chi connectivity index (χ0n) is 16.2. The van der Waals surface area contributed by atoms with Crippen molar-refractivity contribution in [3.8, 4) is 0 Å². The third-order valence-electron chi connectivity index (χ3n) is 5.28. The lowest BCUT2D eigenvalue weighted by atomic mass is 10.1. The predicted molar refractivity (Wildman–Crippen MR) is 110 cm³/mol. The number of hydrogen-bond acceptors (Lipinski definition) is 4. The normalized spacial score (nSPS) is 15.9. The van der Waals surface area contributed by atoms with E-state index in [0.717, 1.165) is 38.4 Å². The molecule has 1 aromatic heterocycles. The van der Waals surface area contributed by atoms with Crippen LogP contribution in [0.3, 0.4) is 0 Å². The van der Waals surface area contributed by atoms with Crippen molar-refractivity contribution in [3.63, 3.8) is 0 Å². The highest BCUT2D eigenvalue weighted by Gasteiger charge is 2.23. The number of ether oxygens (including phenoxy) is 1. The smallest absolute Gasteiger partial charge is 0.261 e. The molecule has 7 heteroatoms. The molecule has 1 atom stereocenters. The van der Waals surface area contributed by atoms with Crippen LogP contribution in [0.2, 0.25) is 0 Å². The average Bonchev–Trinajstić information content (AvgIpc) is 2.77. The summed E-state index contributed by atoms with van der Waals surface area (Å²) in [6, 6.07) is 17.0. The van der Waals surface area contributed by atoms with E-state index in [1.165, 1.54) is 15.8 Å². The molecule has 1 fully saturated rings. The van der Waals surface area contributed by atoms with Crippen molar-refractivity contribution in [2.24, 2.45) is 0 Å². The first-order chi connectivity index (χ1) is 14.2. The number of morpholine rings is 1. The van der Waals surface area contributed by atoms with Gasteiger partial charge in [0.05, 0.1) is 30.4 Å². The van der Waals surface area contributed by atoms with Gasteiger partial charge in [0.25, 0.3) is 5.56 Å². The van der Waals surface area contributed by atoms with Gasteiger partial charge in [-0.1, -0.05) is 42.5 Å². The predicted octanol–water partition coefficient (Wildman–Crippen LogP) is 0.169. The summed E-state index contributed by atoms with van der Waals surface area (Å²) in [5.74, 6) is -0.203. The minimum absolute atomic E-state index is 0.0571. The summed E-state index contributed by atoms with van der Waals surface area (Å²) in [5, 5.41) is 3.63. The fourth-order valence-electron chi connectivity index (χ4n) is 3.70. The van der Waals surface area contributed by atoms with Crippen LogP contribution in [0.15, 0.2) is 65.7 Å². The summed E-state index contributed by atoms with van der Waals surface area (Å²) in [6.45, 7) is 4.05. The Morgan fingerprint density at radius 1 is 1.10 bits per heavy atom. The molecule has 29 heavy (non-hydrogen) atoms. The van der Waals surface area contributed by atoms with Crippen molar-refractivity contribution in [1.29, 1.82) is 0 Å². The van der Waals surface area contributed by atoms with Crippen molar-refractivity contribution in [2.45, 2.75) is 12.6 Å². The molecular formula is C22H25N4O3+. The lowest BCUT2D eigenvalue weighted by Crippen LogP contribution is -3.14. The minimum atomic E-state index is -0.208. The quantitative estimate of drug-likeness (QED) is 0.626. The Balaban J connectivity index is 1.50. The van der Waals surface area contributed by atoms with Crippen molar-refractivity contribution >= 4 is 16.8 Å². The highest BCUT2D eigenvalue weighted by molar-refractivity contribution is 5.79. The van der Waals surface area contributed by atoms with Gasteiger partial charge >= 0.3 is 0 Å². The summed E-state index contributed by atoms with van der Waals surface area (Å²) in [5.41, 5.74) is 1.48. The van der Waals surface area contributed by atoms with Gasteiger partial charge in [0.2, 0.25) is 5.91 Å². The minimum Gasteiger partial charge on any atom is -0.370 e. The first-order valence-electron chi connectivity index (χ1n) is 9.90. The van der Waals surface area contributed by atoms with Crippen LogP contribution in [0.25, 0.3) is 10.9 Å². The lowest BCUT2D eigenvalue weighted by molar-refractivity contribution is -0.909. The summed E-state index contributed by atoms with van der Waals surface area (Å²) >= 11 is 0. The Morgan fingerprint density at radius 3 is 2.62 bits per heavy atom. The fourth-order valence-corrected chi connectivity index (χ4v) is 3.70. The molecule has 1 saturated heterocycles. The summed E-state index contributed by atoms with van der Waals surface area (Å²) in [4.78, 5) is 31.1. The molecule has 0 bridgehead atoms. The van der Waals surface area contributed by atoms with Crippen LogP contribution >= 0.6 is 0 Å². The van der Waals surface area contributed by atoms with Crippen molar-refractivity contribution in [3.05, 3.63) is 76.8 Å². The number of nitrogens with zero attached hydrogens (tertiary/aromatic N) is 2. The van der Waals surface area contributed by atoms with E-state index in [0.29, 0.717) is 10.9 Å². The molecule has 2 aromatic carbocycles. The molecule has 2 heterocycles. The number of aromatic nitrogens is 2. The number of hydrogen-bond donors (Lipinski definition) is 2. The van der Waals surface area contributed by atoms with E-state index in [9.17, 15) is 9.59 Å². The molecule has 1 aliphatic heterocycles. The number of para-hydroxylation sites is 1. The first kappa shape index (κ1) is 19.3.